The van der Waals surface area contributed by atoms with Crippen molar-refractivity contribution in [3.63, 3.8) is 0 Å². The lowest BCUT2D eigenvalue weighted by Gasteiger charge is -2.32. The lowest BCUT2D eigenvalue weighted by atomic mass is 10.2. The van der Waals surface area contributed by atoms with Crippen LogP contribution >= 0.6 is 0 Å². The molecule has 0 bridgehead atoms. The average molecular weight is 411 g/mol. The Morgan fingerprint density at radius 2 is 2.14 bits per heavy atom. The molecule has 11 heteroatoms. The molecule has 29 heavy (non-hydrogen) atoms. The second-order valence-electron chi connectivity index (χ2n) is 6.58. The van der Waals surface area contributed by atoms with Gasteiger partial charge < -0.3 is 15.0 Å². The van der Waals surface area contributed by atoms with Crippen molar-refractivity contribution in [2.45, 2.75) is 32.3 Å². The van der Waals surface area contributed by atoms with Crippen molar-refractivity contribution in [3.05, 3.63) is 47.5 Å². The van der Waals surface area contributed by atoms with Crippen LogP contribution in [0, 0.1) is 6.92 Å². The molecule has 8 nitrogen and oxygen atoms in total. The van der Waals surface area contributed by atoms with Gasteiger partial charge in [0, 0.05) is 18.9 Å². The number of nitrogens with one attached hydrogen (secondary N) is 1. The second-order valence-corrected chi connectivity index (χ2v) is 6.58. The van der Waals surface area contributed by atoms with Gasteiger partial charge in [0.1, 0.15) is 6.54 Å². The highest BCUT2D eigenvalue weighted by atomic mass is 19.4. The Labute approximate surface area is 164 Å². The number of aryl methyl sites for hydroxylation is 1. The van der Waals surface area contributed by atoms with Gasteiger partial charge >= 0.3 is 6.18 Å². The zero-order valence-electron chi connectivity index (χ0n) is 15.6. The average Bonchev–Trinajstić information content (AvgIpc) is 3.16. The molecule has 1 aliphatic rings. The monoisotopic (exact) mass is 411 g/mol. The van der Waals surface area contributed by atoms with E-state index in [1.807, 2.05) is 13.0 Å². The van der Waals surface area contributed by atoms with E-state index in [4.69, 9.17) is 4.74 Å². The van der Waals surface area contributed by atoms with Crippen molar-refractivity contribution in [3.8, 4) is 0 Å². The molecule has 1 atom stereocenters. The predicted molar refractivity (Wildman–Crippen MR) is 94.4 cm³/mol. The van der Waals surface area contributed by atoms with Gasteiger partial charge in [-0.1, -0.05) is 6.07 Å². The molecule has 1 unspecified atom stereocenters. The first-order chi connectivity index (χ1) is 13.7. The lowest BCUT2D eigenvalue weighted by molar-refractivity contribution is -0.148. The number of halogens is 3. The van der Waals surface area contributed by atoms with E-state index >= 15 is 0 Å². The fourth-order valence-electron chi connectivity index (χ4n) is 2.86. The fraction of sp³-hybridized carbons (Fsp3) is 0.444. The van der Waals surface area contributed by atoms with Gasteiger partial charge in [-0.25, -0.2) is 0 Å². The van der Waals surface area contributed by atoms with E-state index in [2.05, 4.69) is 15.4 Å². The molecular formula is C18H20F3N5O3. The maximum atomic E-state index is 12.6. The number of hydrogen-bond donors (Lipinski definition) is 1. The number of aromatic nitrogens is 3. The highest BCUT2D eigenvalue weighted by molar-refractivity contribution is 5.83. The van der Waals surface area contributed by atoms with Crippen LogP contribution in [-0.4, -0.2) is 57.3 Å². The van der Waals surface area contributed by atoms with Gasteiger partial charge in [0.25, 0.3) is 5.91 Å². The first kappa shape index (κ1) is 20.8. The molecule has 3 heterocycles. The molecule has 2 amide bonds. The molecule has 156 valence electrons. The third-order valence-electron chi connectivity index (χ3n) is 4.49. The summed E-state index contributed by atoms with van der Waals surface area (Å²) < 4.78 is 44.2. The van der Waals surface area contributed by atoms with Crippen LogP contribution in [0.5, 0.6) is 0 Å². The van der Waals surface area contributed by atoms with Crippen LogP contribution in [0.15, 0.2) is 30.6 Å². The van der Waals surface area contributed by atoms with Crippen LogP contribution < -0.4 is 5.32 Å². The Morgan fingerprint density at radius 1 is 1.34 bits per heavy atom. The Bertz CT molecular complexity index is 884. The van der Waals surface area contributed by atoms with Gasteiger partial charge in [0.05, 0.1) is 25.4 Å². The number of hydrogen-bond acceptors (Lipinski definition) is 5. The molecule has 1 N–H and O–H groups in total. The Balaban J connectivity index is 1.54. The highest BCUT2D eigenvalue weighted by Gasteiger charge is 2.34. The van der Waals surface area contributed by atoms with Gasteiger partial charge in [-0.2, -0.15) is 18.3 Å². The van der Waals surface area contributed by atoms with Gasteiger partial charge in [-0.05, 0) is 24.6 Å². The van der Waals surface area contributed by atoms with E-state index in [1.54, 1.807) is 12.3 Å². The number of amides is 2. The number of carbonyl (C=O) groups excluding carboxylic acids is 2. The third kappa shape index (κ3) is 5.31. The fourth-order valence-corrected chi connectivity index (χ4v) is 2.86. The number of nitrogens with zero attached hydrogens (tertiary/aromatic N) is 4. The first-order valence-electron chi connectivity index (χ1n) is 8.92. The molecule has 1 aliphatic heterocycles. The van der Waals surface area contributed by atoms with Crippen molar-refractivity contribution in [2.24, 2.45) is 0 Å². The van der Waals surface area contributed by atoms with Gasteiger partial charge in [0.2, 0.25) is 5.91 Å². The SMILES string of the molecule is Cc1cccnc1CNC(=O)C1CN(C(=O)Cn2ccc(C(F)(F)F)n2)CCO1. The van der Waals surface area contributed by atoms with Crippen molar-refractivity contribution >= 4 is 11.8 Å². The smallest absolute Gasteiger partial charge is 0.365 e. The summed E-state index contributed by atoms with van der Waals surface area (Å²) in [7, 11) is 0. The summed E-state index contributed by atoms with van der Waals surface area (Å²) in [4.78, 5) is 30.4. The highest BCUT2D eigenvalue weighted by Crippen LogP contribution is 2.27. The summed E-state index contributed by atoms with van der Waals surface area (Å²) in [6.45, 7) is 2.17. The molecule has 1 fully saturated rings. The summed E-state index contributed by atoms with van der Waals surface area (Å²) in [5, 5.41) is 6.10. The molecule has 2 aromatic rings. The van der Waals surface area contributed by atoms with E-state index in [-0.39, 0.29) is 38.7 Å². The van der Waals surface area contributed by atoms with Crippen LogP contribution in [0.3, 0.4) is 0 Å². The van der Waals surface area contributed by atoms with E-state index in [9.17, 15) is 22.8 Å². The molecular weight excluding hydrogens is 391 g/mol. The molecule has 0 radical (unpaired) electrons. The van der Waals surface area contributed by atoms with E-state index in [1.165, 1.54) is 4.90 Å². The standard InChI is InChI=1S/C18H20F3N5O3/c1-12-3-2-5-22-13(12)9-23-17(28)14-10-25(7-8-29-14)16(27)11-26-6-4-15(24-26)18(19,20)21/h2-6,14H,7-11H2,1H3,(H,23,28). The normalized spacial score (nSPS) is 17.2. The second kappa shape index (κ2) is 8.60. The molecule has 0 spiro atoms. The summed E-state index contributed by atoms with van der Waals surface area (Å²) in [5.41, 5.74) is 0.602. The van der Waals surface area contributed by atoms with Gasteiger partial charge in [-0.3, -0.25) is 19.3 Å². The van der Waals surface area contributed by atoms with E-state index in [0.717, 1.165) is 28.2 Å². The van der Waals surface area contributed by atoms with Gasteiger partial charge in [-0.15, -0.1) is 0 Å². The van der Waals surface area contributed by atoms with Crippen LogP contribution in [0.25, 0.3) is 0 Å². The molecule has 3 rings (SSSR count). The summed E-state index contributed by atoms with van der Waals surface area (Å²) in [5.74, 6) is -0.825. The molecule has 1 saturated heterocycles. The number of alkyl halides is 3. The van der Waals surface area contributed by atoms with E-state index < -0.39 is 23.9 Å². The number of pyridine rings is 1. The Kier molecular flexibility index (Phi) is 6.16. The summed E-state index contributed by atoms with van der Waals surface area (Å²) >= 11 is 0. The minimum Gasteiger partial charge on any atom is -0.365 e. The third-order valence-corrected chi connectivity index (χ3v) is 4.49. The molecule has 0 aromatic carbocycles. The van der Waals surface area contributed by atoms with Crippen molar-refractivity contribution in [2.75, 3.05) is 19.7 Å². The van der Waals surface area contributed by atoms with Gasteiger partial charge in [0.15, 0.2) is 11.8 Å². The van der Waals surface area contributed by atoms with Crippen LogP contribution in [0.4, 0.5) is 13.2 Å². The number of carbonyl (C=O) groups is 2. The van der Waals surface area contributed by atoms with E-state index in [0.29, 0.717) is 0 Å². The maximum absolute atomic E-state index is 12.6. The minimum atomic E-state index is -4.57. The van der Waals surface area contributed by atoms with Crippen molar-refractivity contribution < 1.29 is 27.5 Å². The Hall–Kier alpha value is -2.95. The lowest BCUT2D eigenvalue weighted by Crippen LogP contribution is -2.52. The van der Waals surface area contributed by atoms with Crippen molar-refractivity contribution in [1.29, 1.82) is 0 Å². The van der Waals surface area contributed by atoms with Crippen LogP contribution in [0.2, 0.25) is 0 Å². The summed E-state index contributed by atoms with van der Waals surface area (Å²) in [6, 6.07) is 4.49. The molecule has 0 aliphatic carbocycles. The number of morpholine rings is 1. The molecule has 2 aromatic heterocycles. The minimum absolute atomic E-state index is 0.0132. The quantitative estimate of drug-likeness (QED) is 0.797. The predicted octanol–water partition coefficient (Wildman–Crippen LogP) is 1.15. The number of ether oxygens (including phenoxy) is 1. The zero-order chi connectivity index (χ0) is 21.0. The van der Waals surface area contributed by atoms with Crippen LogP contribution in [0.1, 0.15) is 17.0 Å². The van der Waals surface area contributed by atoms with Crippen molar-refractivity contribution in [1.82, 2.24) is 25.0 Å². The largest absolute Gasteiger partial charge is 0.435 e. The zero-order valence-corrected chi connectivity index (χ0v) is 15.6. The van der Waals surface area contributed by atoms with Crippen LogP contribution in [-0.2, 0) is 33.6 Å². The number of rotatable bonds is 5. The summed E-state index contributed by atoms with van der Waals surface area (Å²) in [6.07, 6.45) is -2.70. The first-order valence-corrected chi connectivity index (χ1v) is 8.92. The Morgan fingerprint density at radius 3 is 2.83 bits per heavy atom. The topological polar surface area (TPSA) is 89.4 Å². The molecule has 0 saturated carbocycles. The maximum Gasteiger partial charge on any atom is 0.435 e.